The lowest BCUT2D eigenvalue weighted by Gasteiger charge is -2.41. The summed E-state index contributed by atoms with van der Waals surface area (Å²) in [4.78, 5) is 2.70. The number of ether oxygens (including phenoxy) is 1. The maximum absolute atomic E-state index is 5.65. The van der Waals surface area contributed by atoms with Crippen molar-refractivity contribution in [2.24, 2.45) is 5.92 Å². The van der Waals surface area contributed by atoms with Crippen LogP contribution in [-0.2, 0) is 4.74 Å². The maximum atomic E-state index is 5.65. The van der Waals surface area contributed by atoms with E-state index in [1.54, 1.807) is 0 Å². The zero-order valence-electron chi connectivity index (χ0n) is 11.6. The van der Waals surface area contributed by atoms with Gasteiger partial charge in [-0.05, 0) is 33.2 Å². The molecule has 100 valence electrons. The predicted molar refractivity (Wildman–Crippen MR) is 71.3 cm³/mol. The lowest BCUT2D eigenvalue weighted by molar-refractivity contribution is 0.0762. The molecule has 0 radical (unpaired) electrons. The summed E-state index contributed by atoms with van der Waals surface area (Å²) in [6.07, 6.45) is 4.13. The molecule has 17 heavy (non-hydrogen) atoms. The summed E-state index contributed by atoms with van der Waals surface area (Å²) in [5.74, 6) is 0.679. The first kappa shape index (κ1) is 13.3. The van der Waals surface area contributed by atoms with Crippen molar-refractivity contribution >= 4 is 0 Å². The Morgan fingerprint density at radius 2 is 1.88 bits per heavy atom. The molecule has 4 unspecified atom stereocenters. The number of piperidine rings is 1. The highest BCUT2D eigenvalue weighted by molar-refractivity contribution is 4.87. The summed E-state index contributed by atoms with van der Waals surface area (Å²) in [6.45, 7) is 11.0. The van der Waals surface area contributed by atoms with Gasteiger partial charge in [0.25, 0.3) is 0 Å². The van der Waals surface area contributed by atoms with E-state index in [0.29, 0.717) is 12.0 Å². The van der Waals surface area contributed by atoms with E-state index in [1.165, 1.54) is 25.8 Å². The molecule has 0 aromatic rings. The molecular formula is C14H28N2O. The van der Waals surface area contributed by atoms with E-state index in [-0.39, 0.29) is 0 Å². The minimum atomic E-state index is 0.571. The van der Waals surface area contributed by atoms with Crippen molar-refractivity contribution in [3.63, 3.8) is 0 Å². The number of likely N-dealkylation sites (N-methyl/N-ethyl adjacent to an activating group) is 1. The maximum Gasteiger partial charge on any atom is 0.0623 e. The quantitative estimate of drug-likeness (QED) is 0.812. The van der Waals surface area contributed by atoms with Crippen molar-refractivity contribution in [1.82, 2.24) is 10.2 Å². The molecule has 2 aliphatic heterocycles. The van der Waals surface area contributed by atoms with E-state index in [9.17, 15) is 0 Å². The molecule has 0 aromatic carbocycles. The number of hydrogen-bond donors (Lipinski definition) is 1. The Balaban J connectivity index is 1.89. The summed E-state index contributed by atoms with van der Waals surface area (Å²) in [5, 5.41) is 3.56. The fourth-order valence-electron chi connectivity index (χ4n) is 3.37. The van der Waals surface area contributed by atoms with E-state index < -0.39 is 0 Å². The molecule has 2 rings (SSSR count). The van der Waals surface area contributed by atoms with Gasteiger partial charge in [0, 0.05) is 30.6 Å². The monoisotopic (exact) mass is 240 g/mol. The van der Waals surface area contributed by atoms with Gasteiger partial charge in [-0.15, -0.1) is 0 Å². The van der Waals surface area contributed by atoms with Gasteiger partial charge in [0.05, 0.1) is 13.2 Å². The highest BCUT2D eigenvalue weighted by Crippen LogP contribution is 2.25. The zero-order valence-corrected chi connectivity index (χ0v) is 11.6. The lowest BCUT2D eigenvalue weighted by atomic mass is 9.94. The van der Waals surface area contributed by atoms with E-state index in [2.05, 4.69) is 31.0 Å². The molecule has 2 saturated heterocycles. The van der Waals surface area contributed by atoms with Crippen LogP contribution in [0.2, 0.25) is 0 Å². The Kier molecular flexibility index (Phi) is 4.83. The smallest absolute Gasteiger partial charge is 0.0623 e. The highest BCUT2D eigenvalue weighted by Gasteiger charge is 2.33. The van der Waals surface area contributed by atoms with Crippen molar-refractivity contribution in [3.05, 3.63) is 0 Å². The summed E-state index contributed by atoms with van der Waals surface area (Å²) in [5.41, 5.74) is 0. The highest BCUT2D eigenvalue weighted by atomic mass is 16.5. The third-order valence-electron chi connectivity index (χ3n) is 4.49. The zero-order chi connectivity index (χ0) is 12.3. The van der Waals surface area contributed by atoms with Crippen molar-refractivity contribution in [3.8, 4) is 0 Å². The Labute approximate surface area is 106 Å². The van der Waals surface area contributed by atoms with Gasteiger partial charge in [0.15, 0.2) is 0 Å². The lowest BCUT2D eigenvalue weighted by Crippen LogP contribution is -2.49. The summed E-state index contributed by atoms with van der Waals surface area (Å²) < 4.78 is 5.65. The molecule has 0 bridgehead atoms. The van der Waals surface area contributed by atoms with Crippen molar-refractivity contribution in [1.29, 1.82) is 0 Å². The number of hydrogen-bond acceptors (Lipinski definition) is 3. The van der Waals surface area contributed by atoms with Crippen LogP contribution in [0.4, 0.5) is 0 Å². The molecule has 0 amide bonds. The Bertz CT molecular complexity index is 224. The average molecular weight is 240 g/mol. The third-order valence-corrected chi connectivity index (χ3v) is 4.49. The molecular weight excluding hydrogens is 212 g/mol. The largest absolute Gasteiger partial charge is 0.379 e. The van der Waals surface area contributed by atoms with E-state index >= 15 is 0 Å². The van der Waals surface area contributed by atoms with Gasteiger partial charge in [-0.1, -0.05) is 13.3 Å². The Morgan fingerprint density at radius 3 is 2.53 bits per heavy atom. The van der Waals surface area contributed by atoms with Crippen LogP contribution >= 0.6 is 0 Å². The molecule has 1 N–H and O–H groups in total. The topological polar surface area (TPSA) is 24.5 Å². The molecule has 4 atom stereocenters. The van der Waals surface area contributed by atoms with Crippen LogP contribution in [0.25, 0.3) is 0 Å². The van der Waals surface area contributed by atoms with Crippen molar-refractivity contribution in [2.75, 3.05) is 26.3 Å². The van der Waals surface area contributed by atoms with Crippen LogP contribution in [0.1, 0.15) is 40.0 Å². The second kappa shape index (κ2) is 6.17. The number of likely N-dealkylation sites (tertiary alicyclic amines) is 1. The molecule has 3 nitrogen and oxygen atoms in total. The van der Waals surface area contributed by atoms with E-state index in [4.69, 9.17) is 4.74 Å². The molecule has 0 aliphatic carbocycles. The summed E-state index contributed by atoms with van der Waals surface area (Å²) in [6, 6.07) is 2.07. The molecule has 0 saturated carbocycles. The van der Waals surface area contributed by atoms with Gasteiger partial charge in [0.2, 0.25) is 0 Å². The molecule has 2 heterocycles. The molecule has 2 fully saturated rings. The van der Waals surface area contributed by atoms with Crippen LogP contribution < -0.4 is 5.32 Å². The molecule has 2 aliphatic rings. The summed E-state index contributed by atoms with van der Waals surface area (Å²) in [7, 11) is 0. The van der Waals surface area contributed by atoms with E-state index in [1.807, 2.05) is 0 Å². The second-order valence-corrected chi connectivity index (χ2v) is 5.79. The third kappa shape index (κ3) is 3.21. The minimum Gasteiger partial charge on any atom is -0.379 e. The fourth-order valence-corrected chi connectivity index (χ4v) is 3.37. The Morgan fingerprint density at radius 1 is 1.18 bits per heavy atom. The predicted octanol–water partition coefficient (Wildman–Crippen LogP) is 1.87. The van der Waals surface area contributed by atoms with Gasteiger partial charge in [0.1, 0.15) is 0 Å². The first-order valence-corrected chi connectivity index (χ1v) is 7.29. The minimum absolute atomic E-state index is 0.571. The van der Waals surface area contributed by atoms with Crippen LogP contribution in [0.5, 0.6) is 0 Å². The van der Waals surface area contributed by atoms with Crippen molar-refractivity contribution < 1.29 is 4.74 Å². The number of nitrogens with zero attached hydrogens (tertiary/aromatic N) is 1. The first-order valence-electron chi connectivity index (χ1n) is 7.29. The molecule has 3 heteroatoms. The SMILES string of the molecule is CCNC1COCC1CN1C(C)CCCC1C. The van der Waals surface area contributed by atoms with Crippen LogP contribution in [0, 0.1) is 5.92 Å². The molecule has 0 aromatic heterocycles. The van der Waals surface area contributed by atoms with Gasteiger partial charge < -0.3 is 10.1 Å². The summed E-state index contributed by atoms with van der Waals surface area (Å²) >= 11 is 0. The first-order chi connectivity index (χ1) is 8.22. The number of nitrogens with one attached hydrogen (secondary N) is 1. The van der Waals surface area contributed by atoms with E-state index in [0.717, 1.165) is 31.8 Å². The standard InChI is InChI=1S/C14H28N2O/c1-4-15-14-10-17-9-13(14)8-16-11(2)6-5-7-12(16)3/h11-15H,4-10H2,1-3H3. The Hall–Kier alpha value is -0.120. The van der Waals surface area contributed by atoms with Gasteiger partial charge >= 0.3 is 0 Å². The van der Waals surface area contributed by atoms with Gasteiger partial charge in [-0.25, -0.2) is 0 Å². The molecule has 0 spiro atoms. The fraction of sp³-hybridized carbons (Fsp3) is 1.00. The van der Waals surface area contributed by atoms with Crippen molar-refractivity contribution in [2.45, 2.75) is 58.2 Å². The number of rotatable bonds is 4. The normalized spacial score (nSPS) is 39.7. The average Bonchev–Trinajstić information content (AvgIpc) is 2.72. The van der Waals surface area contributed by atoms with Gasteiger partial charge in [-0.3, -0.25) is 4.90 Å². The van der Waals surface area contributed by atoms with Gasteiger partial charge in [-0.2, -0.15) is 0 Å². The van der Waals surface area contributed by atoms with Crippen LogP contribution in [-0.4, -0.2) is 49.3 Å². The van der Waals surface area contributed by atoms with Crippen LogP contribution in [0.15, 0.2) is 0 Å². The second-order valence-electron chi connectivity index (χ2n) is 5.79. The van der Waals surface area contributed by atoms with Crippen LogP contribution in [0.3, 0.4) is 0 Å².